The van der Waals surface area contributed by atoms with E-state index in [9.17, 15) is 4.79 Å². The quantitative estimate of drug-likeness (QED) is 0.519. The first-order valence-corrected chi connectivity index (χ1v) is 5.76. The highest BCUT2D eigenvalue weighted by atomic mass is 16.5. The molecular weight excluding hydrogens is 208 g/mol. The smallest absolute Gasteiger partial charge is 0.234 e. The Morgan fingerprint density at radius 2 is 2.19 bits per heavy atom. The average Bonchev–Trinajstić information content (AvgIpc) is 2.26. The van der Waals surface area contributed by atoms with E-state index in [2.05, 4.69) is 17.6 Å². The summed E-state index contributed by atoms with van der Waals surface area (Å²) in [6.45, 7) is 4.88. The number of aliphatic hydroxyl groups excluding tert-OH is 1. The maximum absolute atomic E-state index is 11.5. The molecule has 0 aromatic carbocycles. The Bertz CT molecular complexity index is 182. The van der Waals surface area contributed by atoms with Crippen LogP contribution in [0.4, 0.5) is 0 Å². The van der Waals surface area contributed by atoms with E-state index in [0.717, 1.165) is 6.42 Å². The van der Waals surface area contributed by atoms with Gasteiger partial charge in [-0.05, 0) is 19.8 Å². The summed E-state index contributed by atoms with van der Waals surface area (Å²) < 4.78 is 4.96. The van der Waals surface area contributed by atoms with Crippen LogP contribution in [0.25, 0.3) is 0 Å². The molecule has 5 heteroatoms. The molecule has 0 radical (unpaired) electrons. The summed E-state index contributed by atoms with van der Waals surface area (Å²) in [5, 5.41) is 14.7. The summed E-state index contributed by atoms with van der Waals surface area (Å²) in [4.78, 5) is 11.5. The van der Waals surface area contributed by atoms with Gasteiger partial charge in [0.1, 0.15) is 0 Å². The van der Waals surface area contributed by atoms with Crippen molar-refractivity contribution < 1.29 is 14.6 Å². The molecule has 0 spiro atoms. The summed E-state index contributed by atoms with van der Waals surface area (Å²) in [7, 11) is 1.58. The van der Waals surface area contributed by atoms with Crippen molar-refractivity contribution in [3.05, 3.63) is 0 Å². The maximum atomic E-state index is 11.5. The number of rotatable bonds is 9. The highest BCUT2D eigenvalue weighted by molar-refractivity contribution is 5.78. The Labute approximate surface area is 97.6 Å². The van der Waals surface area contributed by atoms with Crippen molar-refractivity contribution >= 4 is 5.91 Å². The first-order valence-electron chi connectivity index (χ1n) is 5.76. The third-order valence-electron chi connectivity index (χ3n) is 2.43. The fourth-order valence-corrected chi connectivity index (χ4v) is 1.24. The van der Waals surface area contributed by atoms with E-state index in [1.807, 2.05) is 6.92 Å². The first kappa shape index (κ1) is 15.3. The topological polar surface area (TPSA) is 70.6 Å². The van der Waals surface area contributed by atoms with E-state index < -0.39 is 0 Å². The third kappa shape index (κ3) is 7.62. The number of carbonyl (C=O) groups is 1. The second kappa shape index (κ2) is 9.57. The van der Waals surface area contributed by atoms with Crippen LogP contribution in [0.2, 0.25) is 0 Å². The maximum Gasteiger partial charge on any atom is 0.234 e. The van der Waals surface area contributed by atoms with Crippen molar-refractivity contribution in [2.75, 3.05) is 26.9 Å². The molecule has 0 heterocycles. The molecule has 0 aliphatic carbocycles. The number of methoxy groups -OCH3 is 1. The SMILES string of the molecule is CCC(C)NCC(=O)NC(CCO)COC. The predicted molar refractivity (Wildman–Crippen MR) is 63.3 cm³/mol. The Hall–Kier alpha value is -0.650. The molecular formula is C11H24N2O3. The molecule has 0 bridgehead atoms. The van der Waals surface area contributed by atoms with Crippen LogP contribution in [0, 0.1) is 0 Å². The van der Waals surface area contributed by atoms with Gasteiger partial charge < -0.3 is 20.5 Å². The monoisotopic (exact) mass is 232 g/mol. The molecule has 2 atom stereocenters. The van der Waals surface area contributed by atoms with E-state index >= 15 is 0 Å². The van der Waals surface area contributed by atoms with Gasteiger partial charge in [-0.1, -0.05) is 6.92 Å². The molecule has 0 fully saturated rings. The van der Waals surface area contributed by atoms with Gasteiger partial charge in [0, 0.05) is 19.8 Å². The minimum atomic E-state index is -0.110. The number of ether oxygens (including phenoxy) is 1. The molecule has 5 nitrogen and oxygen atoms in total. The lowest BCUT2D eigenvalue weighted by Crippen LogP contribution is -2.44. The number of carbonyl (C=O) groups excluding carboxylic acids is 1. The lowest BCUT2D eigenvalue weighted by atomic mass is 10.2. The van der Waals surface area contributed by atoms with E-state index in [1.54, 1.807) is 7.11 Å². The van der Waals surface area contributed by atoms with Crippen LogP contribution in [0.3, 0.4) is 0 Å². The second-order valence-corrected chi connectivity index (χ2v) is 3.92. The van der Waals surface area contributed by atoms with Crippen LogP contribution in [0.1, 0.15) is 26.7 Å². The number of aliphatic hydroxyl groups is 1. The van der Waals surface area contributed by atoms with Crippen LogP contribution in [-0.4, -0.2) is 50.0 Å². The van der Waals surface area contributed by atoms with Gasteiger partial charge in [-0.15, -0.1) is 0 Å². The zero-order valence-corrected chi connectivity index (χ0v) is 10.5. The molecule has 16 heavy (non-hydrogen) atoms. The molecule has 96 valence electrons. The van der Waals surface area contributed by atoms with Crippen molar-refractivity contribution in [1.82, 2.24) is 10.6 Å². The molecule has 0 aromatic heterocycles. The van der Waals surface area contributed by atoms with Crippen LogP contribution in [0.15, 0.2) is 0 Å². The highest BCUT2D eigenvalue weighted by Gasteiger charge is 2.11. The number of hydrogen-bond donors (Lipinski definition) is 3. The van der Waals surface area contributed by atoms with Crippen LogP contribution in [0.5, 0.6) is 0 Å². The molecule has 2 unspecified atom stereocenters. The van der Waals surface area contributed by atoms with E-state index in [1.165, 1.54) is 0 Å². The number of amides is 1. The van der Waals surface area contributed by atoms with E-state index in [0.29, 0.717) is 25.6 Å². The first-order chi connectivity index (χ1) is 7.63. The van der Waals surface area contributed by atoms with Crippen molar-refractivity contribution in [3.63, 3.8) is 0 Å². The zero-order chi connectivity index (χ0) is 12.4. The highest BCUT2D eigenvalue weighted by Crippen LogP contribution is 1.92. The van der Waals surface area contributed by atoms with Gasteiger partial charge in [-0.3, -0.25) is 4.79 Å². The minimum Gasteiger partial charge on any atom is -0.396 e. The van der Waals surface area contributed by atoms with Crippen LogP contribution in [-0.2, 0) is 9.53 Å². The van der Waals surface area contributed by atoms with Gasteiger partial charge >= 0.3 is 0 Å². The summed E-state index contributed by atoms with van der Waals surface area (Å²) in [6, 6.07) is 0.227. The summed E-state index contributed by atoms with van der Waals surface area (Å²) in [5.74, 6) is -0.0594. The fourth-order valence-electron chi connectivity index (χ4n) is 1.24. The minimum absolute atomic E-state index is 0.0487. The third-order valence-corrected chi connectivity index (χ3v) is 2.43. The predicted octanol–water partition coefficient (Wildman–Crippen LogP) is -0.112. The summed E-state index contributed by atoms with van der Waals surface area (Å²) in [6.07, 6.45) is 1.51. The second-order valence-electron chi connectivity index (χ2n) is 3.92. The van der Waals surface area contributed by atoms with Crippen molar-refractivity contribution in [2.24, 2.45) is 0 Å². The van der Waals surface area contributed by atoms with Gasteiger partial charge in [0.15, 0.2) is 0 Å². The van der Waals surface area contributed by atoms with Gasteiger partial charge in [0.05, 0.1) is 19.2 Å². The number of hydrogen-bond acceptors (Lipinski definition) is 4. The molecule has 0 rings (SSSR count). The van der Waals surface area contributed by atoms with Gasteiger partial charge in [0.2, 0.25) is 5.91 Å². The molecule has 3 N–H and O–H groups in total. The van der Waals surface area contributed by atoms with Gasteiger partial charge in [-0.2, -0.15) is 0 Å². The zero-order valence-electron chi connectivity index (χ0n) is 10.5. The fraction of sp³-hybridized carbons (Fsp3) is 0.909. The molecule has 0 saturated heterocycles. The van der Waals surface area contributed by atoms with E-state index in [4.69, 9.17) is 9.84 Å². The Morgan fingerprint density at radius 3 is 2.69 bits per heavy atom. The largest absolute Gasteiger partial charge is 0.396 e. The summed E-state index contributed by atoms with van der Waals surface area (Å²) >= 11 is 0. The van der Waals surface area contributed by atoms with Crippen molar-refractivity contribution in [3.8, 4) is 0 Å². The summed E-state index contributed by atoms with van der Waals surface area (Å²) in [5.41, 5.74) is 0. The van der Waals surface area contributed by atoms with E-state index in [-0.39, 0.29) is 18.6 Å². The standard InChI is InChI=1S/C11H24N2O3/c1-4-9(2)12-7-11(15)13-10(5-6-14)8-16-3/h9-10,12,14H,4-8H2,1-3H3,(H,13,15). The molecule has 0 saturated carbocycles. The number of nitrogens with one attached hydrogen (secondary N) is 2. The van der Waals surface area contributed by atoms with Gasteiger partial charge in [0.25, 0.3) is 0 Å². The van der Waals surface area contributed by atoms with Crippen molar-refractivity contribution in [2.45, 2.75) is 38.8 Å². The molecule has 1 amide bonds. The van der Waals surface area contributed by atoms with Crippen LogP contribution < -0.4 is 10.6 Å². The molecule has 0 aliphatic rings. The lowest BCUT2D eigenvalue weighted by Gasteiger charge is -2.18. The van der Waals surface area contributed by atoms with Gasteiger partial charge in [-0.25, -0.2) is 0 Å². The average molecular weight is 232 g/mol. The molecule has 0 aromatic rings. The Balaban J connectivity index is 3.80. The molecule has 0 aliphatic heterocycles. The Morgan fingerprint density at radius 1 is 1.50 bits per heavy atom. The van der Waals surface area contributed by atoms with Crippen LogP contribution >= 0.6 is 0 Å². The Kier molecular flexibility index (Phi) is 9.18. The normalized spacial score (nSPS) is 14.5. The lowest BCUT2D eigenvalue weighted by molar-refractivity contribution is -0.121. The van der Waals surface area contributed by atoms with Crippen molar-refractivity contribution in [1.29, 1.82) is 0 Å².